The molecule has 0 aliphatic carbocycles. The number of carboxylic acids is 1. The Morgan fingerprint density at radius 1 is 1.39 bits per heavy atom. The van der Waals surface area contributed by atoms with Crippen molar-refractivity contribution in [2.45, 2.75) is 38.0 Å². The van der Waals surface area contributed by atoms with E-state index in [1.165, 1.54) is 0 Å². The van der Waals surface area contributed by atoms with Gasteiger partial charge in [-0.15, -0.1) is 0 Å². The molecule has 0 spiro atoms. The Morgan fingerprint density at radius 3 is 2.61 bits per heavy atom. The topological polar surface area (TPSA) is 53.0 Å². The SMILES string of the molecule is CC1CN(CC2CCC(C(=O)O)O2)CC1N(C)C. The molecule has 2 fully saturated rings. The second kappa shape index (κ2) is 5.55. The molecule has 1 N–H and O–H groups in total. The lowest BCUT2D eigenvalue weighted by atomic mass is 10.1. The number of aliphatic carboxylic acids is 1. The molecule has 4 unspecified atom stereocenters. The molecular formula is C13H24N2O3. The van der Waals surface area contributed by atoms with Crippen LogP contribution in [0.2, 0.25) is 0 Å². The summed E-state index contributed by atoms with van der Waals surface area (Å²) < 4.78 is 5.56. The fourth-order valence-electron chi connectivity index (χ4n) is 3.18. The molecule has 0 aromatic heterocycles. The molecule has 2 aliphatic rings. The Hall–Kier alpha value is -0.650. The van der Waals surface area contributed by atoms with E-state index in [4.69, 9.17) is 9.84 Å². The zero-order chi connectivity index (χ0) is 13.3. The fraction of sp³-hybridized carbons (Fsp3) is 0.923. The zero-order valence-electron chi connectivity index (χ0n) is 11.5. The molecule has 2 rings (SSSR count). The van der Waals surface area contributed by atoms with Gasteiger partial charge in [-0.2, -0.15) is 0 Å². The van der Waals surface area contributed by atoms with E-state index in [0.29, 0.717) is 18.4 Å². The van der Waals surface area contributed by atoms with Crippen molar-refractivity contribution in [1.29, 1.82) is 0 Å². The number of likely N-dealkylation sites (N-methyl/N-ethyl adjacent to an activating group) is 1. The average molecular weight is 256 g/mol. The van der Waals surface area contributed by atoms with Crippen LogP contribution in [0.15, 0.2) is 0 Å². The van der Waals surface area contributed by atoms with Gasteiger partial charge < -0.3 is 14.7 Å². The Kier molecular flexibility index (Phi) is 4.25. The highest BCUT2D eigenvalue weighted by Gasteiger charge is 2.35. The third kappa shape index (κ3) is 3.02. The predicted octanol–water partition coefficient (Wildman–Crippen LogP) is 0.501. The van der Waals surface area contributed by atoms with Gasteiger partial charge in [-0.25, -0.2) is 4.79 Å². The van der Waals surface area contributed by atoms with Crippen molar-refractivity contribution >= 4 is 5.97 Å². The number of rotatable bonds is 4. The van der Waals surface area contributed by atoms with Gasteiger partial charge >= 0.3 is 5.97 Å². The summed E-state index contributed by atoms with van der Waals surface area (Å²) in [6, 6.07) is 0.599. The van der Waals surface area contributed by atoms with E-state index >= 15 is 0 Å². The number of nitrogens with zero attached hydrogens (tertiary/aromatic N) is 2. The number of hydrogen-bond donors (Lipinski definition) is 1. The van der Waals surface area contributed by atoms with Gasteiger partial charge in [0.05, 0.1) is 6.10 Å². The second-order valence-corrected chi connectivity index (χ2v) is 5.89. The monoisotopic (exact) mass is 256 g/mol. The smallest absolute Gasteiger partial charge is 0.332 e. The number of hydrogen-bond acceptors (Lipinski definition) is 4. The van der Waals surface area contributed by atoms with Crippen LogP contribution >= 0.6 is 0 Å². The van der Waals surface area contributed by atoms with Crippen LogP contribution in [0.4, 0.5) is 0 Å². The molecule has 0 aromatic rings. The molecule has 5 nitrogen and oxygen atoms in total. The zero-order valence-corrected chi connectivity index (χ0v) is 11.5. The van der Waals surface area contributed by atoms with Gasteiger partial charge in [-0.3, -0.25) is 4.90 Å². The Bertz CT molecular complexity index is 309. The minimum atomic E-state index is -0.821. The van der Waals surface area contributed by atoms with Gasteiger partial charge in [0.2, 0.25) is 0 Å². The molecule has 0 bridgehead atoms. The number of carbonyl (C=O) groups is 1. The molecule has 4 atom stereocenters. The molecule has 18 heavy (non-hydrogen) atoms. The van der Waals surface area contributed by atoms with Gasteiger partial charge in [0.15, 0.2) is 6.10 Å². The first kappa shape index (κ1) is 13.8. The summed E-state index contributed by atoms with van der Waals surface area (Å²) in [6.07, 6.45) is 1.04. The molecule has 0 radical (unpaired) electrons. The maximum absolute atomic E-state index is 10.8. The standard InChI is InChI=1S/C13H24N2O3/c1-9-6-15(8-11(9)14(2)3)7-10-4-5-12(18-10)13(16)17/h9-12H,4-8H2,1-3H3,(H,16,17). The van der Waals surface area contributed by atoms with Gasteiger partial charge in [-0.1, -0.05) is 6.92 Å². The Balaban J connectivity index is 1.80. The maximum atomic E-state index is 10.8. The first-order valence-electron chi connectivity index (χ1n) is 6.74. The van der Waals surface area contributed by atoms with Crippen LogP contribution < -0.4 is 0 Å². The highest BCUT2D eigenvalue weighted by Crippen LogP contribution is 2.25. The van der Waals surface area contributed by atoms with Crippen LogP contribution in [-0.4, -0.2) is 72.9 Å². The molecule has 0 saturated carbocycles. The van der Waals surface area contributed by atoms with E-state index in [9.17, 15) is 4.79 Å². The Morgan fingerprint density at radius 2 is 2.11 bits per heavy atom. The minimum Gasteiger partial charge on any atom is -0.479 e. The Labute approximate surface area is 109 Å². The fourth-order valence-corrected chi connectivity index (χ4v) is 3.18. The second-order valence-electron chi connectivity index (χ2n) is 5.89. The third-order valence-corrected chi connectivity index (χ3v) is 4.16. The molecule has 2 aliphatic heterocycles. The van der Waals surface area contributed by atoms with E-state index in [1.54, 1.807) is 0 Å². The van der Waals surface area contributed by atoms with Crippen molar-refractivity contribution < 1.29 is 14.6 Å². The van der Waals surface area contributed by atoms with E-state index in [1.807, 2.05) is 0 Å². The molecule has 0 amide bonds. The first-order chi connectivity index (χ1) is 8.47. The summed E-state index contributed by atoms with van der Waals surface area (Å²) in [5.41, 5.74) is 0. The number of carboxylic acid groups (broad SMARTS) is 1. The first-order valence-corrected chi connectivity index (χ1v) is 6.74. The lowest BCUT2D eigenvalue weighted by molar-refractivity contribution is -0.149. The number of ether oxygens (including phenoxy) is 1. The van der Waals surface area contributed by atoms with Gasteiger partial charge in [0.25, 0.3) is 0 Å². The summed E-state index contributed by atoms with van der Waals surface area (Å²) in [7, 11) is 4.24. The van der Waals surface area contributed by atoms with E-state index < -0.39 is 12.1 Å². The maximum Gasteiger partial charge on any atom is 0.332 e. The van der Waals surface area contributed by atoms with Crippen molar-refractivity contribution in [1.82, 2.24) is 9.80 Å². The lowest BCUT2D eigenvalue weighted by Crippen LogP contribution is -2.36. The summed E-state index contributed by atoms with van der Waals surface area (Å²) in [5, 5.41) is 8.90. The van der Waals surface area contributed by atoms with E-state index in [-0.39, 0.29) is 6.10 Å². The van der Waals surface area contributed by atoms with Gasteiger partial charge in [0, 0.05) is 25.7 Å². The highest BCUT2D eigenvalue weighted by atomic mass is 16.5. The molecule has 2 heterocycles. The predicted molar refractivity (Wildman–Crippen MR) is 68.6 cm³/mol. The van der Waals surface area contributed by atoms with Crippen molar-refractivity contribution in [3.05, 3.63) is 0 Å². The minimum absolute atomic E-state index is 0.0965. The average Bonchev–Trinajstić information content (AvgIpc) is 2.86. The largest absolute Gasteiger partial charge is 0.479 e. The van der Waals surface area contributed by atoms with Crippen molar-refractivity contribution in [2.24, 2.45) is 5.92 Å². The summed E-state index contributed by atoms with van der Waals surface area (Å²) in [5.74, 6) is -0.157. The molecule has 0 aromatic carbocycles. The van der Waals surface area contributed by atoms with Crippen LogP contribution in [0, 0.1) is 5.92 Å². The summed E-state index contributed by atoms with van der Waals surface area (Å²) >= 11 is 0. The normalized spacial score (nSPS) is 37.6. The number of likely N-dealkylation sites (tertiary alicyclic amines) is 1. The van der Waals surface area contributed by atoms with Crippen molar-refractivity contribution in [3.8, 4) is 0 Å². The molecular weight excluding hydrogens is 232 g/mol. The quantitative estimate of drug-likeness (QED) is 0.794. The summed E-state index contributed by atoms with van der Waals surface area (Å²) in [6.45, 7) is 5.30. The molecule has 2 saturated heterocycles. The molecule has 104 valence electrons. The highest BCUT2D eigenvalue weighted by molar-refractivity contribution is 5.72. The van der Waals surface area contributed by atoms with Crippen LogP contribution in [-0.2, 0) is 9.53 Å². The van der Waals surface area contributed by atoms with Crippen LogP contribution in [0.3, 0.4) is 0 Å². The van der Waals surface area contributed by atoms with Crippen molar-refractivity contribution in [2.75, 3.05) is 33.7 Å². The van der Waals surface area contributed by atoms with Gasteiger partial charge in [-0.05, 0) is 32.9 Å². The van der Waals surface area contributed by atoms with Crippen LogP contribution in [0.5, 0.6) is 0 Å². The van der Waals surface area contributed by atoms with E-state index in [2.05, 4.69) is 30.8 Å². The lowest BCUT2D eigenvalue weighted by Gasteiger charge is -2.23. The molecule has 5 heteroatoms. The van der Waals surface area contributed by atoms with Crippen LogP contribution in [0.1, 0.15) is 19.8 Å². The van der Waals surface area contributed by atoms with E-state index in [0.717, 1.165) is 26.1 Å². The van der Waals surface area contributed by atoms with Crippen molar-refractivity contribution in [3.63, 3.8) is 0 Å². The van der Waals surface area contributed by atoms with Crippen LogP contribution in [0.25, 0.3) is 0 Å². The third-order valence-electron chi connectivity index (χ3n) is 4.16. The van der Waals surface area contributed by atoms with Gasteiger partial charge in [0.1, 0.15) is 0 Å². The summed E-state index contributed by atoms with van der Waals surface area (Å²) in [4.78, 5) is 15.5.